The van der Waals surface area contributed by atoms with Gasteiger partial charge in [0, 0.05) is 5.02 Å². The summed E-state index contributed by atoms with van der Waals surface area (Å²) in [6.07, 6.45) is 3.26. The van der Waals surface area contributed by atoms with E-state index in [1.165, 1.54) is 19.3 Å². The highest BCUT2D eigenvalue weighted by atomic mass is 35.5. The van der Waals surface area contributed by atoms with E-state index in [0.29, 0.717) is 11.8 Å². The highest BCUT2D eigenvalue weighted by molar-refractivity contribution is 6.31. The third-order valence-corrected chi connectivity index (χ3v) is 5.28. The van der Waals surface area contributed by atoms with Crippen LogP contribution >= 0.6 is 11.6 Å². The topological polar surface area (TPSA) is 20.2 Å². The van der Waals surface area contributed by atoms with E-state index >= 15 is 0 Å². The predicted octanol–water partition coefficient (Wildman–Crippen LogP) is 5.14. The van der Waals surface area contributed by atoms with E-state index in [4.69, 9.17) is 11.6 Å². The van der Waals surface area contributed by atoms with Gasteiger partial charge in [0.05, 0.1) is 6.10 Å². The molecule has 19 heavy (non-hydrogen) atoms. The zero-order valence-electron chi connectivity index (χ0n) is 12.4. The van der Waals surface area contributed by atoms with Crippen LogP contribution in [0.5, 0.6) is 0 Å². The SMILES string of the molecule is Cc1ccc([C@@H](O)[C@H]2C(C)CCCC2(C)C)cc1Cl. The van der Waals surface area contributed by atoms with Crippen LogP contribution in [-0.4, -0.2) is 5.11 Å². The van der Waals surface area contributed by atoms with E-state index in [2.05, 4.69) is 20.8 Å². The molecule has 0 saturated heterocycles. The normalized spacial score (nSPS) is 28.1. The van der Waals surface area contributed by atoms with Crippen molar-refractivity contribution in [2.24, 2.45) is 17.3 Å². The fraction of sp³-hybridized carbons (Fsp3) is 0.647. The molecule has 1 aromatic carbocycles. The van der Waals surface area contributed by atoms with Crippen molar-refractivity contribution in [2.75, 3.05) is 0 Å². The summed E-state index contributed by atoms with van der Waals surface area (Å²) < 4.78 is 0. The van der Waals surface area contributed by atoms with E-state index in [9.17, 15) is 5.11 Å². The molecule has 0 radical (unpaired) electrons. The highest BCUT2D eigenvalue weighted by Gasteiger charge is 2.41. The van der Waals surface area contributed by atoms with Gasteiger partial charge in [-0.1, -0.05) is 57.3 Å². The maximum absolute atomic E-state index is 10.8. The van der Waals surface area contributed by atoms with Crippen LogP contribution in [0.1, 0.15) is 57.3 Å². The highest BCUT2D eigenvalue weighted by Crippen LogP contribution is 2.49. The van der Waals surface area contributed by atoms with Crippen LogP contribution in [0.2, 0.25) is 5.02 Å². The van der Waals surface area contributed by atoms with Crippen LogP contribution in [0.15, 0.2) is 18.2 Å². The van der Waals surface area contributed by atoms with E-state index in [0.717, 1.165) is 16.1 Å². The number of hydrogen-bond donors (Lipinski definition) is 1. The first-order valence-corrected chi connectivity index (χ1v) is 7.65. The van der Waals surface area contributed by atoms with Crippen LogP contribution < -0.4 is 0 Å². The van der Waals surface area contributed by atoms with E-state index < -0.39 is 6.10 Å². The molecule has 0 spiro atoms. The molecule has 1 saturated carbocycles. The zero-order chi connectivity index (χ0) is 14.2. The first-order chi connectivity index (χ1) is 8.83. The van der Waals surface area contributed by atoms with Crippen molar-refractivity contribution in [1.82, 2.24) is 0 Å². The van der Waals surface area contributed by atoms with Gasteiger partial charge >= 0.3 is 0 Å². The first kappa shape index (κ1) is 14.9. The van der Waals surface area contributed by atoms with Gasteiger partial charge in [0.2, 0.25) is 0 Å². The molecular weight excluding hydrogens is 256 g/mol. The fourth-order valence-electron chi connectivity index (χ4n) is 3.74. The van der Waals surface area contributed by atoms with Crippen LogP contribution in [0, 0.1) is 24.2 Å². The van der Waals surface area contributed by atoms with Crippen LogP contribution in [0.4, 0.5) is 0 Å². The van der Waals surface area contributed by atoms with E-state index in [1.807, 2.05) is 25.1 Å². The Kier molecular flexibility index (Phi) is 4.27. The molecule has 106 valence electrons. The molecular formula is C17H25ClO. The number of aryl methyl sites for hydroxylation is 1. The van der Waals surface area contributed by atoms with Crippen molar-refractivity contribution in [3.63, 3.8) is 0 Å². The minimum Gasteiger partial charge on any atom is -0.388 e. The largest absolute Gasteiger partial charge is 0.388 e. The van der Waals surface area contributed by atoms with Gasteiger partial charge in [-0.25, -0.2) is 0 Å². The van der Waals surface area contributed by atoms with Crippen molar-refractivity contribution < 1.29 is 5.11 Å². The van der Waals surface area contributed by atoms with Gasteiger partial charge in [-0.15, -0.1) is 0 Å². The Labute approximate surface area is 122 Å². The molecule has 1 nitrogen and oxygen atoms in total. The Morgan fingerprint density at radius 1 is 1.37 bits per heavy atom. The van der Waals surface area contributed by atoms with Gasteiger partial charge < -0.3 is 5.11 Å². The fourth-order valence-corrected chi connectivity index (χ4v) is 3.92. The van der Waals surface area contributed by atoms with Gasteiger partial charge in [-0.2, -0.15) is 0 Å². The molecule has 1 aromatic rings. The second-order valence-electron chi connectivity index (χ2n) is 6.84. The lowest BCUT2D eigenvalue weighted by Crippen LogP contribution is -2.37. The number of halogens is 1. The van der Waals surface area contributed by atoms with Gasteiger partial charge in [0.1, 0.15) is 0 Å². The third-order valence-electron chi connectivity index (χ3n) is 4.87. The standard InChI is InChI=1S/C17H25ClO/c1-11-7-8-13(10-14(11)18)16(19)15-12(2)6-5-9-17(15,3)4/h7-8,10,12,15-16,19H,5-6,9H2,1-4H3/t12?,15-,16-/m1/s1. The number of aliphatic hydroxyl groups excluding tert-OH is 1. The first-order valence-electron chi connectivity index (χ1n) is 7.27. The smallest absolute Gasteiger partial charge is 0.0826 e. The van der Waals surface area contributed by atoms with E-state index in [-0.39, 0.29) is 5.41 Å². The predicted molar refractivity (Wildman–Crippen MR) is 81.4 cm³/mol. The molecule has 0 heterocycles. The zero-order valence-corrected chi connectivity index (χ0v) is 13.2. The molecule has 0 bridgehead atoms. The monoisotopic (exact) mass is 280 g/mol. The summed E-state index contributed by atoms with van der Waals surface area (Å²) in [5.41, 5.74) is 2.21. The lowest BCUT2D eigenvalue weighted by atomic mass is 9.61. The quantitative estimate of drug-likeness (QED) is 0.795. The molecule has 2 heteroatoms. The van der Waals surface area contributed by atoms with Crippen LogP contribution in [-0.2, 0) is 0 Å². The molecule has 1 unspecified atom stereocenters. The van der Waals surface area contributed by atoms with Gasteiger partial charge in [0.25, 0.3) is 0 Å². The van der Waals surface area contributed by atoms with Crippen molar-refractivity contribution in [1.29, 1.82) is 0 Å². The maximum Gasteiger partial charge on any atom is 0.0826 e. The summed E-state index contributed by atoms with van der Waals surface area (Å²) in [6.45, 7) is 8.83. The number of benzene rings is 1. The van der Waals surface area contributed by atoms with Gasteiger partial charge in [-0.3, -0.25) is 0 Å². The minimum atomic E-state index is -0.414. The van der Waals surface area contributed by atoms with Crippen molar-refractivity contribution in [3.05, 3.63) is 34.3 Å². The number of aliphatic hydroxyl groups is 1. The van der Waals surface area contributed by atoms with Crippen molar-refractivity contribution in [3.8, 4) is 0 Å². The molecule has 0 aliphatic heterocycles. The molecule has 0 amide bonds. The average molecular weight is 281 g/mol. The minimum absolute atomic E-state index is 0.189. The Bertz CT molecular complexity index is 453. The molecule has 1 aliphatic carbocycles. The summed E-state index contributed by atoms with van der Waals surface area (Å²) in [4.78, 5) is 0. The summed E-state index contributed by atoms with van der Waals surface area (Å²) >= 11 is 6.19. The summed E-state index contributed by atoms with van der Waals surface area (Å²) in [5, 5.41) is 11.6. The lowest BCUT2D eigenvalue weighted by molar-refractivity contribution is -0.0292. The number of hydrogen-bond acceptors (Lipinski definition) is 1. The molecule has 3 atom stereocenters. The summed E-state index contributed by atoms with van der Waals surface area (Å²) in [6, 6.07) is 5.95. The Morgan fingerprint density at radius 3 is 2.63 bits per heavy atom. The van der Waals surface area contributed by atoms with Crippen LogP contribution in [0.3, 0.4) is 0 Å². The molecule has 1 aliphatic rings. The van der Waals surface area contributed by atoms with E-state index in [1.54, 1.807) is 0 Å². The van der Waals surface area contributed by atoms with Gasteiger partial charge in [0.15, 0.2) is 0 Å². The molecule has 1 N–H and O–H groups in total. The lowest BCUT2D eigenvalue weighted by Gasteiger charge is -2.45. The summed E-state index contributed by atoms with van der Waals surface area (Å²) in [5.74, 6) is 0.860. The maximum atomic E-state index is 10.8. The van der Waals surface area contributed by atoms with Crippen molar-refractivity contribution in [2.45, 2.75) is 53.1 Å². The Morgan fingerprint density at radius 2 is 2.05 bits per heavy atom. The summed E-state index contributed by atoms with van der Waals surface area (Å²) in [7, 11) is 0. The Balaban J connectivity index is 2.30. The second kappa shape index (κ2) is 5.46. The second-order valence-corrected chi connectivity index (χ2v) is 7.24. The molecule has 2 rings (SSSR count). The molecule has 0 aromatic heterocycles. The third kappa shape index (κ3) is 2.98. The molecule has 1 fully saturated rings. The number of rotatable bonds is 2. The van der Waals surface area contributed by atoms with Gasteiger partial charge in [-0.05, 0) is 47.8 Å². The van der Waals surface area contributed by atoms with Crippen molar-refractivity contribution >= 4 is 11.6 Å². The Hall–Kier alpha value is -0.530. The van der Waals surface area contributed by atoms with Crippen LogP contribution in [0.25, 0.3) is 0 Å². The average Bonchev–Trinajstić information content (AvgIpc) is 2.31.